The molecule has 0 spiro atoms. The van der Waals surface area contributed by atoms with Crippen molar-refractivity contribution in [1.82, 2.24) is 4.72 Å². The Hall–Kier alpha value is -0.630. The first-order valence-corrected chi connectivity index (χ1v) is 7.87. The van der Waals surface area contributed by atoms with Gasteiger partial charge < -0.3 is 10.8 Å². The van der Waals surface area contributed by atoms with E-state index >= 15 is 0 Å². The second-order valence-corrected chi connectivity index (χ2v) is 6.57. The maximum Gasteiger partial charge on any atom is 0.241 e. The number of aliphatic hydroxyl groups is 1. The van der Waals surface area contributed by atoms with E-state index in [0.29, 0.717) is 16.6 Å². The zero-order valence-electron chi connectivity index (χ0n) is 10.1. The standard InChI is InChI=1S/C11H17BrN2O3S/c1-2-3-9(15)7-14-18(16,17)11-6-8(13)4-5-10(11)12/h4-6,9,14-15H,2-3,7,13H2,1H3. The van der Waals surface area contributed by atoms with Gasteiger partial charge in [-0.15, -0.1) is 0 Å². The number of nitrogen functional groups attached to an aromatic ring is 1. The summed E-state index contributed by atoms with van der Waals surface area (Å²) in [5, 5.41) is 9.52. The molecule has 102 valence electrons. The summed E-state index contributed by atoms with van der Waals surface area (Å²) in [6.45, 7) is 1.92. The molecule has 5 nitrogen and oxygen atoms in total. The van der Waals surface area contributed by atoms with Crippen LogP contribution in [0.1, 0.15) is 19.8 Å². The van der Waals surface area contributed by atoms with E-state index < -0.39 is 16.1 Å². The van der Waals surface area contributed by atoms with Crippen LogP contribution in [0, 0.1) is 0 Å². The highest BCUT2D eigenvalue weighted by Gasteiger charge is 2.18. The van der Waals surface area contributed by atoms with E-state index in [0.717, 1.165) is 6.42 Å². The summed E-state index contributed by atoms with van der Waals surface area (Å²) in [7, 11) is -3.66. The predicted molar refractivity (Wildman–Crippen MR) is 74.7 cm³/mol. The first kappa shape index (κ1) is 15.4. The van der Waals surface area contributed by atoms with Crippen molar-refractivity contribution in [3.8, 4) is 0 Å². The van der Waals surface area contributed by atoms with Gasteiger partial charge in [-0.3, -0.25) is 0 Å². The summed E-state index contributed by atoms with van der Waals surface area (Å²) in [5.74, 6) is 0. The Morgan fingerprint density at radius 3 is 2.78 bits per heavy atom. The van der Waals surface area contributed by atoms with Crippen molar-refractivity contribution in [2.45, 2.75) is 30.8 Å². The Morgan fingerprint density at radius 2 is 2.17 bits per heavy atom. The van der Waals surface area contributed by atoms with Gasteiger partial charge in [-0.05, 0) is 40.5 Å². The van der Waals surface area contributed by atoms with E-state index in [1.54, 1.807) is 12.1 Å². The smallest absolute Gasteiger partial charge is 0.241 e. The Balaban J connectivity index is 2.83. The molecule has 18 heavy (non-hydrogen) atoms. The summed E-state index contributed by atoms with van der Waals surface area (Å²) in [6, 6.07) is 4.56. The minimum atomic E-state index is -3.66. The molecule has 0 aliphatic rings. The zero-order valence-corrected chi connectivity index (χ0v) is 12.5. The normalized spacial score (nSPS) is 13.5. The van der Waals surface area contributed by atoms with Gasteiger partial charge in [-0.25, -0.2) is 13.1 Å². The lowest BCUT2D eigenvalue weighted by Crippen LogP contribution is -2.32. The summed E-state index contributed by atoms with van der Waals surface area (Å²) >= 11 is 3.17. The predicted octanol–water partition coefficient (Wildman–Crippen LogP) is 1.47. The molecule has 0 fully saturated rings. The van der Waals surface area contributed by atoms with Crippen LogP contribution in [0.2, 0.25) is 0 Å². The fourth-order valence-electron chi connectivity index (χ4n) is 1.44. The van der Waals surface area contributed by atoms with Crippen molar-refractivity contribution in [2.24, 2.45) is 0 Å². The topological polar surface area (TPSA) is 92.4 Å². The third-order valence-electron chi connectivity index (χ3n) is 2.38. The van der Waals surface area contributed by atoms with Gasteiger partial charge in [0.25, 0.3) is 0 Å². The van der Waals surface area contributed by atoms with E-state index in [1.807, 2.05) is 6.92 Å². The molecule has 0 saturated carbocycles. The van der Waals surface area contributed by atoms with E-state index in [1.165, 1.54) is 6.07 Å². The van der Waals surface area contributed by atoms with Crippen LogP contribution in [-0.4, -0.2) is 26.2 Å². The molecular weight excluding hydrogens is 320 g/mol. The lowest BCUT2D eigenvalue weighted by Gasteiger charge is -2.12. The lowest BCUT2D eigenvalue weighted by molar-refractivity contribution is 0.167. The van der Waals surface area contributed by atoms with Crippen molar-refractivity contribution >= 4 is 31.6 Å². The van der Waals surface area contributed by atoms with Crippen molar-refractivity contribution in [3.05, 3.63) is 22.7 Å². The molecule has 1 unspecified atom stereocenters. The highest BCUT2D eigenvalue weighted by atomic mass is 79.9. The molecule has 1 aromatic rings. The van der Waals surface area contributed by atoms with Gasteiger partial charge in [-0.1, -0.05) is 13.3 Å². The number of benzene rings is 1. The molecule has 0 aromatic heterocycles. The average molecular weight is 337 g/mol. The maximum atomic E-state index is 12.0. The lowest BCUT2D eigenvalue weighted by atomic mass is 10.2. The molecule has 1 aromatic carbocycles. The Bertz CT molecular complexity index is 505. The quantitative estimate of drug-likeness (QED) is 0.686. The molecule has 4 N–H and O–H groups in total. The van der Waals surface area contributed by atoms with Gasteiger partial charge in [-0.2, -0.15) is 0 Å². The average Bonchev–Trinajstić information content (AvgIpc) is 2.30. The zero-order chi connectivity index (χ0) is 13.8. The largest absolute Gasteiger partial charge is 0.399 e. The van der Waals surface area contributed by atoms with Gasteiger partial charge in [0, 0.05) is 16.7 Å². The molecule has 0 saturated heterocycles. The van der Waals surface area contributed by atoms with Crippen LogP contribution in [0.4, 0.5) is 5.69 Å². The van der Waals surface area contributed by atoms with E-state index in [9.17, 15) is 13.5 Å². The third kappa shape index (κ3) is 4.24. The van der Waals surface area contributed by atoms with Gasteiger partial charge >= 0.3 is 0 Å². The van der Waals surface area contributed by atoms with Crippen molar-refractivity contribution < 1.29 is 13.5 Å². The molecule has 7 heteroatoms. The number of nitrogens with two attached hydrogens (primary N) is 1. The molecule has 0 amide bonds. The first-order valence-electron chi connectivity index (χ1n) is 5.59. The Kier molecular flexibility index (Phi) is 5.58. The number of anilines is 1. The monoisotopic (exact) mass is 336 g/mol. The van der Waals surface area contributed by atoms with E-state index in [-0.39, 0.29) is 11.4 Å². The first-order chi connectivity index (χ1) is 8.36. The Morgan fingerprint density at radius 1 is 1.50 bits per heavy atom. The van der Waals surface area contributed by atoms with E-state index in [4.69, 9.17) is 5.73 Å². The number of rotatable bonds is 6. The van der Waals surface area contributed by atoms with Crippen LogP contribution in [0.25, 0.3) is 0 Å². The minimum absolute atomic E-state index is 0.00257. The second kappa shape index (κ2) is 6.51. The maximum absolute atomic E-state index is 12.0. The minimum Gasteiger partial charge on any atom is -0.399 e. The number of nitrogens with one attached hydrogen (secondary N) is 1. The van der Waals surface area contributed by atoms with Crippen LogP contribution in [0.15, 0.2) is 27.6 Å². The molecule has 0 aliphatic heterocycles. The molecule has 0 radical (unpaired) electrons. The highest BCUT2D eigenvalue weighted by Crippen LogP contribution is 2.23. The van der Waals surface area contributed by atoms with Crippen LogP contribution in [0.5, 0.6) is 0 Å². The van der Waals surface area contributed by atoms with E-state index in [2.05, 4.69) is 20.7 Å². The highest BCUT2D eigenvalue weighted by molar-refractivity contribution is 9.10. The SMILES string of the molecule is CCCC(O)CNS(=O)(=O)c1cc(N)ccc1Br. The van der Waals surface area contributed by atoms with Gasteiger partial charge in [0.2, 0.25) is 10.0 Å². The van der Waals surface area contributed by atoms with Crippen LogP contribution in [0.3, 0.4) is 0 Å². The molecule has 0 bridgehead atoms. The number of halogens is 1. The molecule has 1 atom stereocenters. The Labute approximate surface area is 116 Å². The molecule has 0 heterocycles. The van der Waals surface area contributed by atoms with Crippen molar-refractivity contribution in [1.29, 1.82) is 0 Å². The summed E-state index contributed by atoms with van der Waals surface area (Å²) in [5.41, 5.74) is 5.93. The number of hydrogen-bond acceptors (Lipinski definition) is 4. The van der Waals surface area contributed by atoms with Crippen LogP contribution < -0.4 is 10.5 Å². The van der Waals surface area contributed by atoms with Crippen LogP contribution in [-0.2, 0) is 10.0 Å². The van der Waals surface area contributed by atoms with Crippen molar-refractivity contribution in [3.63, 3.8) is 0 Å². The van der Waals surface area contributed by atoms with Gasteiger partial charge in [0.05, 0.1) is 11.0 Å². The molecular formula is C11H17BrN2O3S. The number of aliphatic hydroxyl groups excluding tert-OH is 1. The summed E-state index contributed by atoms with van der Waals surface area (Å²) < 4.78 is 26.8. The second-order valence-electron chi connectivity index (χ2n) is 3.98. The number of hydrogen-bond donors (Lipinski definition) is 3. The fraction of sp³-hybridized carbons (Fsp3) is 0.455. The third-order valence-corrected chi connectivity index (χ3v) is 4.79. The van der Waals surface area contributed by atoms with Crippen molar-refractivity contribution in [2.75, 3.05) is 12.3 Å². The molecule has 1 rings (SSSR count). The number of sulfonamides is 1. The molecule has 0 aliphatic carbocycles. The van der Waals surface area contributed by atoms with Crippen LogP contribution >= 0.6 is 15.9 Å². The summed E-state index contributed by atoms with van der Waals surface area (Å²) in [6.07, 6.45) is 0.676. The van der Waals surface area contributed by atoms with Gasteiger partial charge in [0.1, 0.15) is 0 Å². The fourth-order valence-corrected chi connectivity index (χ4v) is 3.51. The van der Waals surface area contributed by atoms with Gasteiger partial charge in [0.15, 0.2) is 0 Å². The summed E-state index contributed by atoms with van der Waals surface area (Å²) in [4.78, 5) is 0.0752.